The minimum Gasteiger partial charge on any atom is -0.388 e. The third-order valence-corrected chi connectivity index (χ3v) is 1.56. The van der Waals surface area contributed by atoms with Crippen LogP contribution in [0.3, 0.4) is 0 Å². The predicted molar refractivity (Wildman–Crippen MR) is 58.4 cm³/mol. The van der Waals surface area contributed by atoms with Crippen molar-refractivity contribution in [2.45, 2.75) is 20.8 Å². The van der Waals surface area contributed by atoms with E-state index < -0.39 is 0 Å². The Kier molecular flexibility index (Phi) is 5.60. The zero-order chi connectivity index (χ0) is 10.3. The van der Waals surface area contributed by atoms with Gasteiger partial charge >= 0.3 is 0 Å². The van der Waals surface area contributed by atoms with Crippen LogP contribution in [-0.2, 0) is 0 Å². The number of aryl methyl sites for hydroxylation is 1. The van der Waals surface area contributed by atoms with Gasteiger partial charge in [0, 0.05) is 30.2 Å². The molecule has 13 heavy (non-hydrogen) atoms. The zero-order valence-electron chi connectivity index (χ0n) is 8.89. The van der Waals surface area contributed by atoms with E-state index in [1.807, 2.05) is 46.1 Å². The standard InChI is InChI=1S/C9H12N2.C2H6/c1-7-4-5-9(6-11-7)8(2)10-3;1-2/h4-6,10H,2H2,1,3H3;1-2H3. The maximum Gasteiger partial charge on any atom is 0.0373 e. The van der Waals surface area contributed by atoms with Crippen molar-refractivity contribution in [1.82, 2.24) is 10.3 Å². The van der Waals surface area contributed by atoms with E-state index in [1.165, 1.54) is 0 Å². The van der Waals surface area contributed by atoms with E-state index >= 15 is 0 Å². The molecule has 2 heteroatoms. The fourth-order valence-electron chi connectivity index (χ4n) is 0.791. The summed E-state index contributed by atoms with van der Waals surface area (Å²) < 4.78 is 0. The molecule has 0 spiro atoms. The number of pyridine rings is 1. The number of nitrogens with zero attached hydrogens (tertiary/aromatic N) is 1. The highest BCUT2D eigenvalue weighted by Crippen LogP contribution is 2.06. The highest BCUT2D eigenvalue weighted by molar-refractivity contribution is 5.60. The Bertz CT molecular complexity index is 249. The molecule has 1 heterocycles. The summed E-state index contributed by atoms with van der Waals surface area (Å²) >= 11 is 0. The molecular weight excluding hydrogens is 160 g/mol. The van der Waals surface area contributed by atoms with Crippen LogP contribution in [-0.4, -0.2) is 12.0 Å². The summed E-state index contributed by atoms with van der Waals surface area (Å²) in [6.07, 6.45) is 1.81. The normalized spacial score (nSPS) is 8.31. The fourth-order valence-corrected chi connectivity index (χ4v) is 0.791. The second-order valence-electron chi connectivity index (χ2n) is 2.42. The van der Waals surface area contributed by atoms with Crippen LogP contribution in [0.15, 0.2) is 24.9 Å². The Labute approximate surface area is 80.7 Å². The van der Waals surface area contributed by atoms with Crippen LogP contribution < -0.4 is 5.32 Å². The van der Waals surface area contributed by atoms with Crippen LogP contribution >= 0.6 is 0 Å². The Morgan fingerprint density at radius 1 is 1.38 bits per heavy atom. The predicted octanol–water partition coefficient (Wildman–Crippen LogP) is 2.61. The van der Waals surface area contributed by atoms with Crippen molar-refractivity contribution in [3.8, 4) is 0 Å². The topological polar surface area (TPSA) is 24.9 Å². The van der Waals surface area contributed by atoms with Gasteiger partial charge in [0.25, 0.3) is 0 Å². The van der Waals surface area contributed by atoms with Gasteiger partial charge in [0.15, 0.2) is 0 Å². The molecule has 0 unspecified atom stereocenters. The van der Waals surface area contributed by atoms with E-state index in [4.69, 9.17) is 0 Å². The molecule has 0 radical (unpaired) electrons. The Balaban J connectivity index is 0.000000671. The maximum atomic E-state index is 4.15. The van der Waals surface area contributed by atoms with Crippen LogP contribution in [0, 0.1) is 6.92 Å². The Morgan fingerprint density at radius 3 is 2.38 bits per heavy atom. The highest BCUT2D eigenvalue weighted by atomic mass is 14.8. The summed E-state index contributed by atoms with van der Waals surface area (Å²) in [5, 5.41) is 2.97. The van der Waals surface area contributed by atoms with Gasteiger partial charge in [-0.05, 0) is 19.1 Å². The summed E-state index contributed by atoms with van der Waals surface area (Å²) in [5.41, 5.74) is 2.97. The van der Waals surface area contributed by atoms with Gasteiger partial charge in [-0.2, -0.15) is 0 Å². The average molecular weight is 178 g/mol. The number of nitrogens with one attached hydrogen (secondary N) is 1. The van der Waals surface area contributed by atoms with Gasteiger partial charge in [-0.25, -0.2) is 0 Å². The number of hydrogen-bond acceptors (Lipinski definition) is 2. The molecule has 0 aliphatic carbocycles. The molecule has 0 saturated heterocycles. The smallest absolute Gasteiger partial charge is 0.0373 e. The lowest BCUT2D eigenvalue weighted by Gasteiger charge is -2.03. The summed E-state index contributed by atoms with van der Waals surface area (Å²) in [4.78, 5) is 4.15. The van der Waals surface area contributed by atoms with E-state index in [0.717, 1.165) is 17.0 Å². The van der Waals surface area contributed by atoms with Crippen LogP contribution in [0.5, 0.6) is 0 Å². The van der Waals surface area contributed by atoms with E-state index in [9.17, 15) is 0 Å². The first-order valence-corrected chi connectivity index (χ1v) is 4.53. The van der Waals surface area contributed by atoms with Crippen molar-refractivity contribution in [2.75, 3.05) is 7.05 Å². The molecule has 0 atom stereocenters. The molecule has 1 aromatic heterocycles. The van der Waals surface area contributed by atoms with E-state index in [0.29, 0.717) is 0 Å². The molecule has 1 rings (SSSR count). The van der Waals surface area contributed by atoms with E-state index in [2.05, 4.69) is 16.9 Å². The lowest BCUT2D eigenvalue weighted by molar-refractivity contribution is 1.11. The number of hydrogen-bond donors (Lipinski definition) is 1. The Hall–Kier alpha value is -1.31. The molecule has 0 saturated carbocycles. The number of aromatic nitrogens is 1. The van der Waals surface area contributed by atoms with Crippen LogP contribution in [0.25, 0.3) is 5.70 Å². The highest BCUT2D eigenvalue weighted by Gasteiger charge is 1.94. The minimum atomic E-state index is 0.900. The molecule has 0 fully saturated rings. The summed E-state index contributed by atoms with van der Waals surface area (Å²) in [6.45, 7) is 9.79. The Morgan fingerprint density at radius 2 is 2.00 bits per heavy atom. The largest absolute Gasteiger partial charge is 0.388 e. The molecule has 0 bridgehead atoms. The molecule has 0 amide bonds. The lowest BCUT2D eigenvalue weighted by atomic mass is 10.2. The van der Waals surface area contributed by atoms with Crippen molar-refractivity contribution < 1.29 is 0 Å². The first-order chi connectivity index (χ1) is 6.24. The summed E-state index contributed by atoms with van der Waals surface area (Å²) in [6, 6.07) is 3.97. The fraction of sp³-hybridized carbons (Fsp3) is 0.364. The summed E-state index contributed by atoms with van der Waals surface area (Å²) in [7, 11) is 1.85. The molecule has 0 aliphatic heterocycles. The zero-order valence-corrected chi connectivity index (χ0v) is 8.89. The second kappa shape index (κ2) is 6.23. The van der Waals surface area contributed by atoms with Gasteiger partial charge in [0.1, 0.15) is 0 Å². The third-order valence-electron chi connectivity index (χ3n) is 1.56. The molecule has 1 aromatic rings. The van der Waals surface area contributed by atoms with Crippen molar-refractivity contribution >= 4 is 5.70 Å². The van der Waals surface area contributed by atoms with Gasteiger partial charge in [0.05, 0.1) is 0 Å². The van der Waals surface area contributed by atoms with Crippen molar-refractivity contribution in [3.63, 3.8) is 0 Å². The molecule has 0 aromatic carbocycles. The van der Waals surface area contributed by atoms with Crippen molar-refractivity contribution in [3.05, 3.63) is 36.2 Å². The lowest BCUT2D eigenvalue weighted by Crippen LogP contribution is -2.02. The van der Waals surface area contributed by atoms with Crippen molar-refractivity contribution in [1.29, 1.82) is 0 Å². The van der Waals surface area contributed by atoms with Gasteiger partial charge in [-0.3, -0.25) is 4.98 Å². The minimum absolute atomic E-state index is 0.900. The first kappa shape index (κ1) is 11.7. The molecule has 72 valence electrons. The van der Waals surface area contributed by atoms with Crippen LogP contribution in [0.4, 0.5) is 0 Å². The first-order valence-electron chi connectivity index (χ1n) is 4.53. The monoisotopic (exact) mass is 178 g/mol. The summed E-state index contributed by atoms with van der Waals surface area (Å²) in [5.74, 6) is 0. The number of rotatable bonds is 2. The molecule has 0 aliphatic rings. The SMILES string of the molecule is C=C(NC)c1ccc(C)nc1.CC. The average Bonchev–Trinajstić information content (AvgIpc) is 2.21. The van der Waals surface area contributed by atoms with E-state index in [1.54, 1.807) is 0 Å². The van der Waals surface area contributed by atoms with E-state index in [-0.39, 0.29) is 0 Å². The molecule has 2 nitrogen and oxygen atoms in total. The maximum absolute atomic E-state index is 4.15. The van der Waals surface area contributed by atoms with Crippen LogP contribution in [0.2, 0.25) is 0 Å². The second-order valence-corrected chi connectivity index (χ2v) is 2.42. The van der Waals surface area contributed by atoms with Gasteiger partial charge in [-0.1, -0.05) is 20.4 Å². The quantitative estimate of drug-likeness (QED) is 0.753. The van der Waals surface area contributed by atoms with Crippen molar-refractivity contribution in [2.24, 2.45) is 0 Å². The molecule has 1 N–H and O–H groups in total. The van der Waals surface area contributed by atoms with Gasteiger partial charge in [0.2, 0.25) is 0 Å². The third kappa shape index (κ3) is 3.74. The van der Waals surface area contributed by atoms with Gasteiger partial charge < -0.3 is 5.32 Å². The van der Waals surface area contributed by atoms with Crippen LogP contribution in [0.1, 0.15) is 25.1 Å². The van der Waals surface area contributed by atoms with Gasteiger partial charge in [-0.15, -0.1) is 0 Å². The molecular formula is C11H18N2.